The Kier molecular flexibility index (Phi) is 3.05. The number of benzene rings is 1. The number of hydrogen-bond acceptors (Lipinski definition) is 2. The summed E-state index contributed by atoms with van der Waals surface area (Å²) in [4.78, 5) is 11.9. The molecule has 1 amide bonds. The molecule has 0 radical (unpaired) electrons. The molecule has 0 spiro atoms. The van der Waals surface area contributed by atoms with Crippen LogP contribution in [0, 0.1) is 6.92 Å². The van der Waals surface area contributed by atoms with Gasteiger partial charge in [-0.3, -0.25) is 9.89 Å². The predicted octanol–water partition coefficient (Wildman–Crippen LogP) is 2.73. The second kappa shape index (κ2) is 4.49. The molecule has 1 aromatic carbocycles. The Morgan fingerprint density at radius 2 is 2.31 bits per heavy atom. The summed E-state index contributed by atoms with van der Waals surface area (Å²) in [7, 11) is 0. The van der Waals surface area contributed by atoms with Crippen molar-refractivity contribution >= 4 is 27.5 Å². The van der Waals surface area contributed by atoms with Gasteiger partial charge >= 0.3 is 0 Å². The molecule has 0 saturated carbocycles. The highest BCUT2D eigenvalue weighted by Crippen LogP contribution is 2.17. The van der Waals surface area contributed by atoms with Gasteiger partial charge in [-0.2, -0.15) is 5.10 Å². The highest BCUT2D eigenvalue weighted by molar-refractivity contribution is 9.10. The van der Waals surface area contributed by atoms with Gasteiger partial charge < -0.3 is 5.32 Å². The third-order valence-electron chi connectivity index (χ3n) is 2.20. The Labute approximate surface area is 101 Å². The van der Waals surface area contributed by atoms with E-state index >= 15 is 0 Å². The van der Waals surface area contributed by atoms with E-state index in [2.05, 4.69) is 31.4 Å². The van der Waals surface area contributed by atoms with Crippen molar-refractivity contribution in [2.45, 2.75) is 6.92 Å². The fourth-order valence-electron chi connectivity index (χ4n) is 1.36. The summed E-state index contributed by atoms with van der Waals surface area (Å²) in [5, 5.41) is 9.15. The summed E-state index contributed by atoms with van der Waals surface area (Å²) in [6.45, 7) is 1.90. The highest BCUT2D eigenvalue weighted by atomic mass is 79.9. The maximum Gasteiger partial charge on any atom is 0.256 e. The molecule has 2 N–H and O–H groups in total. The maximum atomic E-state index is 11.9. The molecule has 1 aromatic heterocycles. The van der Waals surface area contributed by atoms with Gasteiger partial charge in [0.2, 0.25) is 0 Å². The second-order valence-corrected chi connectivity index (χ2v) is 4.32. The number of H-pyrrole nitrogens is 1. The van der Waals surface area contributed by atoms with Crippen LogP contribution in [0.15, 0.2) is 35.1 Å². The van der Waals surface area contributed by atoms with E-state index in [4.69, 9.17) is 0 Å². The Balaban J connectivity index is 2.24. The smallest absolute Gasteiger partial charge is 0.256 e. The molecule has 5 heteroatoms. The lowest BCUT2D eigenvalue weighted by Crippen LogP contribution is -2.12. The number of aromatic amines is 1. The van der Waals surface area contributed by atoms with Gasteiger partial charge in [0.1, 0.15) is 0 Å². The number of amides is 1. The average Bonchev–Trinajstić information content (AvgIpc) is 2.74. The molecule has 0 atom stereocenters. The molecule has 82 valence electrons. The molecule has 0 bridgehead atoms. The van der Waals surface area contributed by atoms with Gasteiger partial charge in [-0.1, -0.05) is 22.0 Å². The zero-order valence-corrected chi connectivity index (χ0v) is 10.2. The van der Waals surface area contributed by atoms with E-state index in [1.165, 1.54) is 0 Å². The third-order valence-corrected chi connectivity index (χ3v) is 2.69. The highest BCUT2D eigenvalue weighted by Gasteiger charge is 2.09. The van der Waals surface area contributed by atoms with Crippen LogP contribution < -0.4 is 5.32 Å². The normalized spacial score (nSPS) is 10.1. The fourth-order valence-corrected chi connectivity index (χ4v) is 1.72. The van der Waals surface area contributed by atoms with Crippen molar-refractivity contribution in [3.8, 4) is 0 Å². The minimum absolute atomic E-state index is 0.139. The van der Waals surface area contributed by atoms with E-state index in [1.54, 1.807) is 18.5 Å². The van der Waals surface area contributed by atoms with Gasteiger partial charge in [0.25, 0.3) is 5.91 Å². The van der Waals surface area contributed by atoms with E-state index < -0.39 is 0 Å². The molecule has 2 aromatic rings. The number of hydrogen-bond donors (Lipinski definition) is 2. The summed E-state index contributed by atoms with van der Waals surface area (Å²) < 4.78 is 0.885. The zero-order chi connectivity index (χ0) is 11.5. The van der Waals surface area contributed by atoms with Crippen molar-refractivity contribution in [3.63, 3.8) is 0 Å². The number of anilines is 1. The number of carbonyl (C=O) groups excluding carboxylic acids is 1. The molecule has 2 rings (SSSR count). The van der Waals surface area contributed by atoms with Gasteiger partial charge in [0.05, 0.1) is 11.9 Å². The molecule has 0 saturated heterocycles. The monoisotopic (exact) mass is 279 g/mol. The number of nitrogens with zero attached hydrogens (tertiary/aromatic N) is 1. The SMILES string of the molecule is Cc1ccc(Br)cc1C(=O)Nc1cn[nH]c1. The van der Waals surface area contributed by atoms with Gasteiger partial charge in [-0.25, -0.2) is 0 Å². The fraction of sp³-hybridized carbons (Fsp3) is 0.0909. The van der Waals surface area contributed by atoms with E-state index in [9.17, 15) is 4.79 Å². The number of rotatable bonds is 2. The molecule has 0 aliphatic carbocycles. The average molecular weight is 280 g/mol. The Morgan fingerprint density at radius 3 is 3.00 bits per heavy atom. The van der Waals surface area contributed by atoms with Gasteiger partial charge in [-0.05, 0) is 24.6 Å². The summed E-state index contributed by atoms with van der Waals surface area (Å²) in [6.07, 6.45) is 3.19. The Bertz CT molecular complexity index is 508. The van der Waals surface area contributed by atoms with E-state index in [1.807, 2.05) is 19.1 Å². The predicted molar refractivity (Wildman–Crippen MR) is 65.4 cm³/mol. The summed E-state index contributed by atoms with van der Waals surface area (Å²) in [6, 6.07) is 5.60. The summed E-state index contributed by atoms with van der Waals surface area (Å²) in [5.41, 5.74) is 2.24. The number of carbonyl (C=O) groups is 1. The van der Waals surface area contributed by atoms with Crippen LogP contribution in [0.1, 0.15) is 15.9 Å². The molecule has 0 fully saturated rings. The van der Waals surface area contributed by atoms with Crippen molar-refractivity contribution in [2.24, 2.45) is 0 Å². The molecule has 16 heavy (non-hydrogen) atoms. The first-order chi connectivity index (χ1) is 7.66. The van der Waals surface area contributed by atoms with Crippen molar-refractivity contribution in [1.82, 2.24) is 10.2 Å². The van der Waals surface area contributed by atoms with Gasteiger partial charge in [-0.15, -0.1) is 0 Å². The number of aromatic nitrogens is 2. The quantitative estimate of drug-likeness (QED) is 0.888. The standard InChI is InChI=1S/C11H10BrN3O/c1-7-2-3-8(12)4-10(7)11(16)15-9-5-13-14-6-9/h2-6H,1H3,(H,13,14)(H,15,16). The van der Waals surface area contributed by atoms with Crippen molar-refractivity contribution in [3.05, 3.63) is 46.2 Å². The molecule has 0 unspecified atom stereocenters. The minimum atomic E-state index is -0.139. The van der Waals surface area contributed by atoms with Crippen LogP contribution in [0.25, 0.3) is 0 Å². The van der Waals surface area contributed by atoms with E-state index in [0.717, 1.165) is 10.0 Å². The van der Waals surface area contributed by atoms with E-state index in [0.29, 0.717) is 11.3 Å². The Hall–Kier alpha value is -1.62. The number of halogens is 1. The van der Waals surface area contributed by atoms with Crippen LogP contribution in [-0.4, -0.2) is 16.1 Å². The first kappa shape index (κ1) is 10.9. The van der Waals surface area contributed by atoms with Crippen LogP contribution in [0.5, 0.6) is 0 Å². The lowest BCUT2D eigenvalue weighted by molar-refractivity contribution is 0.102. The Morgan fingerprint density at radius 1 is 1.50 bits per heavy atom. The van der Waals surface area contributed by atoms with Crippen LogP contribution in [0.2, 0.25) is 0 Å². The van der Waals surface area contributed by atoms with Gasteiger partial charge in [0, 0.05) is 16.2 Å². The largest absolute Gasteiger partial charge is 0.319 e. The topological polar surface area (TPSA) is 57.8 Å². The van der Waals surface area contributed by atoms with Crippen LogP contribution >= 0.6 is 15.9 Å². The molecule has 0 aliphatic rings. The van der Waals surface area contributed by atoms with Crippen LogP contribution in [0.3, 0.4) is 0 Å². The second-order valence-electron chi connectivity index (χ2n) is 3.40. The van der Waals surface area contributed by atoms with Crippen LogP contribution in [-0.2, 0) is 0 Å². The number of aryl methyl sites for hydroxylation is 1. The van der Waals surface area contributed by atoms with Crippen molar-refractivity contribution in [1.29, 1.82) is 0 Å². The van der Waals surface area contributed by atoms with Gasteiger partial charge in [0.15, 0.2) is 0 Å². The minimum Gasteiger partial charge on any atom is -0.319 e. The molecule has 4 nitrogen and oxygen atoms in total. The summed E-state index contributed by atoms with van der Waals surface area (Å²) >= 11 is 3.34. The number of nitrogens with one attached hydrogen (secondary N) is 2. The summed E-state index contributed by atoms with van der Waals surface area (Å²) in [5.74, 6) is -0.139. The molecule has 1 heterocycles. The lowest BCUT2D eigenvalue weighted by atomic mass is 10.1. The van der Waals surface area contributed by atoms with Crippen molar-refractivity contribution in [2.75, 3.05) is 5.32 Å². The first-order valence-electron chi connectivity index (χ1n) is 4.73. The van der Waals surface area contributed by atoms with E-state index in [-0.39, 0.29) is 5.91 Å². The van der Waals surface area contributed by atoms with Crippen molar-refractivity contribution < 1.29 is 4.79 Å². The lowest BCUT2D eigenvalue weighted by Gasteiger charge is -2.06. The molecular weight excluding hydrogens is 270 g/mol. The molecule has 0 aliphatic heterocycles. The third kappa shape index (κ3) is 2.30. The molecular formula is C11H10BrN3O. The van der Waals surface area contributed by atoms with Crippen LogP contribution in [0.4, 0.5) is 5.69 Å². The first-order valence-corrected chi connectivity index (χ1v) is 5.52. The maximum absolute atomic E-state index is 11.9. The zero-order valence-electron chi connectivity index (χ0n) is 8.62.